The maximum atomic E-state index is 13.9. The van der Waals surface area contributed by atoms with Crippen LogP contribution in [0.3, 0.4) is 0 Å². The fourth-order valence-corrected chi connectivity index (χ4v) is 3.63. The van der Waals surface area contributed by atoms with Crippen LogP contribution in [-0.4, -0.2) is 8.42 Å². The van der Waals surface area contributed by atoms with Gasteiger partial charge in [-0.2, -0.15) is 0 Å². The van der Waals surface area contributed by atoms with E-state index in [2.05, 4.69) is 36.6 Å². The Morgan fingerprint density at radius 3 is 2.48 bits per heavy atom. The van der Waals surface area contributed by atoms with E-state index in [0.717, 1.165) is 6.07 Å². The molecule has 2 aromatic rings. The van der Waals surface area contributed by atoms with Gasteiger partial charge in [0.15, 0.2) is 0 Å². The van der Waals surface area contributed by atoms with E-state index in [4.69, 9.17) is 5.73 Å². The first-order chi connectivity index (χ1) is 9.83. The number of hydrogen-bond acceptors (Lipinski definition) is 3. The van der Waals surface area contributed by atoms with E-state index in [0.29, 0.717) is 20.2 Å². The molecular formula is C13H11Br2FN2O2S. The van der Waals surface area contributed by atoms with Gasteiger partial charge in [-0.25, -0.2) is 12.8 Å². The Balaban J connectivity index is 2.41. The Morgan fingerprint density at radius 2 is 1.86 bits per heavy atom. The second-order valence-electron chi connectivity index (χ2n) is 4.20. The van der Waals surface area contributed by atoms with Crippen LogP contribution in [0.25, 0.3) is 0 Å². The predicted molar refractivity (Wildman–Crippen MR) is 86.9 cm³/mol. The quantitative estimate of drug-likeness (QED) is 0.767. The summed E-state index contributed by atoms with van der Waals surface area (Å²) in [7, 11) is -4.02. The Hall–Kier alpha value is -0.960. The lowest BCUT2D eigenvalue weighted by atomic mass is 10.2. The van der Waals surface area contributed by atoms with E-state index in [1.54, 1.807) is 18.2 Å². The van der Waals surface area contributed by atoms with Gasteiger partial charge in [-0.05, 0) is 51.8 Å². The molecule has 2 aromatic carbocycles. The molecule has 0 radical (unpaired) electrons. The van der Waals surface area contributed by atoms with Crippen LogP contribution in [0.5, 0.6) is 0 Å². The molecule has 0 saturated heterocycles. The van der Waals surface area contributed by atoms with Crippen LogP contribution < -0.4 is 10.5 Å². The Labute approximate surface area is 138 Å². The van der Waals surface area contributed by atoms with Gasteiger partial charge in [0.1, 0.15) is 10.7 Å². The molecule has 0 spiro atoms. The first-order valence-corrected chi connectivity index (χ1v) is 8.87. The highest BCUT2D eigenvalue weighted by Crippen LogP contribution is 2.29. The molecule has 0 aliphatic heterocycles. The highest BCUT2D eigenvalue weighted by molar-refractivity contribution is 9.11. The van der Waals surface area contributed by atoms with Crippen LogP contribution in [-0.2, 0) is 16.6 Å². The molecule has 0 aromatic heterocycles. The summed E-state index contributed by atoms with van der Waals surface area (Å²) >= 11 is 6.49. The third kappa shape index (κ3) is 3.82. The lowest BCUT2D eigenvalue weighted by Crippen LogP contribution is -2.15. The maximum absolute atomic E-state index is 13.9. The fraction of sp³-hybridized carbons (Fsp3) is 0.0769. The molecule has 3 N–H and O–H groups in total. The fourth-order valence-electron chi connectivity index (χ4n) is 1.66. The zero-order chi connectivity index (χ0) is 15.6. The smallest absolute Gasteiger partial charge is 0.264 e. The third-order valence-corrected chi connectivity index (χ3v) is 5.28. The number of sulfonamides is 1. The summed E-state index contributed by atoms with van der Waals surface area (Å²) in [5, 5.41) is 0. The van der Waals surface area contributed by atoms with Crippen molar-refractivity contribution < 1.29 is 12.8 Å². The maximum Gasteiger partial charge on any atom is 0.264 e. The molecule has 0 bridgehead atoms. The molecule has 0 aliphatic carbocycles. The van der Waals surface area contributed by atoms with Gasteiger partial charge in [0, 0.05) is 15.5 Å². The van der Waals surface area contributed by atoms with Crippen LogP contribution in [0.15, 0.2) is 50.2 Å². The molecule has 0 amide bonds. The van der Waals surface area contributed by atoms with E-state index < -0.39 is 20.7 Å². The number of nitrogens with one attached hydrogen (secondary N) is 1. The van der Waals surface area contributed by atoms with Crippen LogP contribution in [0.2, 0.25) is 0 Å². The molecule has 0 unspecified atom stereocenters. The molecule has 0 aliphatic rings. The summed E-state index contributed by atoms with van der Waals surface area (Å²) in [6.45, 7) is 0.141. The minimum atomic E-state index is -4.02. The topological polar surface area (TPSA) is 72.2 Å². The van der Waals surface area contributed by atoms with Crippen molar-refractivity contribution in [1.82, 2.24) is 0 Å². The Kier molecular flexibility index (Phi) is 5.03. The second-order valence-corrected chi connectivity index (χ2v) is 7.62. The summed E-state index contributed by atoms with van der Waals surface area (Å²) in [5.74, 6) is -0.837. The van der Waals surface area contributed by atoms with Crippen molar-refractivity contribution in [2.24, 2.45) is 5.73 Å². The molecule has 0 heterocycles. The highest BCUT2D eigenvalue weighted by Gasteiger charge is 2.20. The van der Waals surface area contributed by atoms with Crippen molar-refractivity contribution in [2.45, 2.75) is 11.4 Å². The number of halogens is 3. The molecule has 112 valence electrons. The monoisotopic (exact) mass is 436 g/mol. The first kappa shape index (κ1) is 16.4. The number of nitrogens with two attached hydrogens (primary N) is 1. The minimum Gasteiger partial charge on any atom is -0.326 e. The molecule has 0 atom stereocenters. The van der Waals surface area contributed by atoms with Crippen molar-refractivity contribution in [2.75, 3.05) is 4.72 Å². The van der Waals surface area contributed by atoms with Gasteiger partial charge in [0.25, 0.3) is 10.0 Å². The van der Waals surface area contributed by atoms with Crippen molar-refractivity contribution in [3.63, 3.8) is 0 Å². The van der Waals surface area contributed by atoms with E-state index in [1.165, 1.54) is 12.1 Å². The van der Waals surface area contributed by atoms with Crippen molar-refractivity contribution in [3.05, 3.63) is 56.7 Å². The van der Waals surface area contributed by atoms with Gasteiger partial charge in [0.2, 0.25) is 0 Å². The SMILES string of the molecule is NCc1ccc(S(=O)(=O)Nc2cc(Br)ccc2Br)c(F)c1. The zero-order valence-electron chi connectivity index (χ0n) is 10.6. The van der Waals surface area contributed by atoms with Crippen molar-refractivity contribution in [1.29, 1.82) is 0 Å². The standard InChI is InChI=1S/C13H11Br2FN2O2S/c14-9-2-3-10(15)12(6-9)18-21(19,20)13-4-1-8(7-17)5-11(13)16/h1-6,18H,7,17H2. The minimum absolute atomic E-state index is 0.141. The zero-order valence-corrected chi connectivity index (χ0v) is 14.6. The van der Waals surface area contributed by atoms with Gasteiger partial charge in [-0.3, -0.25) is 4.72 Å². The van der Waals surface area contributed by atoms with Gasteiger partial charge in [0.05, 0.1) is 5.69 Å². The molecule has 4 nitrogen and oxygen atoms in total. The average Bonchev–Trinajstić information content (AvgIpc) is 2.42. The Morgan fingerprint density at radius 1 is 1.14 bits per heavy atom. The van der Waals surface area contributed by atoms with Crippen molar-refractivity contribution >= 4 is 47.6 Å². The summed E-state index contributed by atoms with van der Waals surface area (Å²) < 4.78 is 42.0. The molecular weight excluding hydrogens is 427 g/mol. The molecule has 0 saturated carbocycles. The molecule has 2 rings (SSSR count). The first-order valence-electron chi connectivity index (χ1n) is 5.80. The van der Waals surface area contributed by atoms with Gasteiger partial charge >= 0.3 is 0 Å². The lowest BCUT2D eigenvalue weighted by molar-refractivity contribution is 0.569. The van der Waals surface area contributed by atoms with Gasteiger partial charge in [-0.1, -0.05) is 22.0 Å². The number of anilines is 1. The number of rotatable bonds is 4. The van der Waals surface area contributed by atoms with Crippen LogP contribution >= 0.6 is 31.9 Å². The molecule has 21 heavy (non-hydrogen) atoms. The number of benzene rings is 2. The summed E-state index contributed by atoms with van der Waals surface area (Å²) in [5.41, 5.74) is 6.23. The summed E-state index contributed by atoms with van der Waals surface area (Å²) in [4.78, 5) is -0.424. The molecule has 8 heteroatoms. The second kappa shape index (κ2) is 6.43. The van der Waals surface area contributed by atoms with E-state index >= 15 is 0 Å². The normalized spacial score (nSPS) is 11.4. The summed E-state index contributed by atoms with van der Waals surface area (Å²) in [6.07, 6.45) is 0. The van der Waals surface area contributed by atoms with Crippen LogP contribution in [0, 0.1) is 5.82 Å². The van der Waals surface area contributed by atoms with Crippen molar-refractivity contribution in [3.8, 4) is 0 Å². The van der Waals surface area contributed by atoms with Crippen LogP contribution in [0.1, 0.15) is 5.56 Å². The predicted octanol–water partition coefficient (Wildman–Crippen LogP) is 3.61. The third-order valence-electron chi connectivity index (χ3n) is 2.69. The Bertz CT molecular complexity index is 782. The lowest BCUT2D eigenvalue weighted by Gasteiger charge is -2.11. The van der Waals surface area contributed by atoms with E-state index in [-0.39, 0.29) is 6.54 Å². The van der Waals surface area contributed by atoms with E-state index in [9.17, 15) is 12.8 Å². The van der Waals surface area contributed by atoms with Gasteiger partial charge < -0.3 is 5.73 Å². The molecule has 0 fully saturated rings. The van der Waals surface area contributed by atoms with E-state index in [1.807, 2.05) is 0 Å². The van der Waals surface area contributed by atoms with Gasteiger partial charge in [-0.15, -0.1) is 0 Å². The van der Waals surface area contributed by atoms with Crippen LogP contribution in [0.4, 0.5) is 10.1 Å². The highest BCUT2D eigenvalue weighted by atomic mass is 79.9. The number of hydrogen-bond donors (Lipinski definition) is 2. The average molecular weight is 438 g/mol. The summed E-state index contributed by atoms with van der Waals surface area (Å²) in [6, 6.07) is 8.80. The largest absolute Gasteiger partial charge is 0.326 e.